The number of rotatable bonds is 5. The zero-order valence-corrected chi connectivity index (χ0v) is 14.6. The van der Waals surface area contributed by atoms with Gasteiger partial charge in [0.15, 0.2) is 0 Å². The van der Waals surface area contributed by atoms with Gasteiger partial charge >= 0.3 is 11.8 Å². The van der Waals surface area contributed by atoms with Gasteiger partial charge in [-0.05, 0) is 36.8 Å². The Hall–Kier alpha value is -2.86. The third-order valence-corrected chi connectivity index (χ3v) is 3.84. The number of hydrogen-bond donors (Lipinski definition) is 3. The monoisotopic (exact) mass is 341 g/mol. The smallest absolute Gasteiger partial charge is 0.313 e. The Morgan fingerprint density at radius 1 is 1.00 bits per heavy atom. The van der Waals surface area contributed by atoms with Crippen molar-refractivity contribution in [2.75, 3.05) is 30.9 Å². The number of carbonyl (C=O) groups excluding carboxylic acids is 2. The molecule has 2 amide bonds. The lowest BCUT2D eigenvalue weighted by Gasteiger charge is -2.24. The van der Waals surface area contributed by atoms with Crippen LogP contribution in [0.3, 0.4) is 0 Å². The highest BCUT2D eigenvalue weighted by atomic mass is 16.3. The molecule has 2 aromatic rings. The Bertz CT molecular complexity index is 725. The molecule has 1 atom stereocenters. The van der Waals surface area contributed by atoms with E-state index < -0.39 is 17.4 Å². The van der Waals surface area contributed by atoms with E-state index in [2.05, 4.69) is 10.6 Å². The second kappa shape index (κ2) is 7.81. The first-order valence-electron chi connectivity index (χ1n) is 7.94. The summed E-state index contributed by atoms with van der Waals surface area (Å²) in [5.74, 6) is -1.57. The molecule has 0 aliphatic carbocycles. The Morgan fingerprint density at radius 3 is 2.16 bits per heavy atom. The Morgan fingerprint density at radius 2 is 1.60 bits per heavy atom. The number of hydrogen-bond acceptors (Lipinski definition) is 4. The first kappa shape index (κ1) is 18.5. The molecule has 0 saturated heterocycles. The van der Waals surface area contributed by atoms with E-state index in [1.807, 2.05) is 37.2 Å². The molecule has 25 heavy (non-hydrogen) atoms. The zero-order chi connectivity index (χ0) is 18.4. The van der Waals surface area contributed by atoms with Crippen molar-refractivity contribution in [3.63, 3.8) is 0 Å². The molecule has 3 N–H and O–H groups in total. The number of carbonyl (C=O) groups is 2. The number of benzene rings is 2. The molecule has 6 nitrogen and oxygen atoms in total. The third-order valence-electron chi connectivity index (χ3n) is 3.84. The minimum absolute atomic E-state index is 0.0666. The predicted molar refractivity (Wildman–Crippen MR) is 98.4 cm³/mol. The molecule has 0 bridgehead atoms. The van der Waals surface area contributed by atoms with Gasteiger partial charge in [-0.2, -0.15) is 0 Å². The SMILES string of the molecule is CN(C)c1ccc(NC(=O)C(=O)NCC(C)(O)c2ccccc2)cc1. The molecule has 2 aromatic carbocycles. The maximum Gasteiger partial charge on any atom is 0.313 e. The second-order valence-electron chi connectivity index (χ2n) is 6.22. The Kier molecular flexibility index (Phi) is 5.77. The number of anilines is 2. The highest BCUT2D eigenvalue weighted by molar-refractivity contribution is 6.39. The lowest BCUT2D eigenvalue weighted by molar-refractivity contribution is -0.136. The first-order valence-corrected chi connectivity index (χ1v) is 7.94. The van der Waals surface area contributed by atoms with Gasteiger partial charge in [0.05, 0.1) is 6.54 Å². The Labute approximate surface area is 147 Å². The number of aliphatic hydroxyl groups is 1. The summed E-state index contributed by atoms with van der Waals surface area (Å²) >= 11 is 0. The van der Waals surface area contributed by atoms with E-state index in [9.17, 15) is 14.7 Å². The highest BCUT2D eigenvalue weighted by Gasteiger charge is 2.25. The van der Waals surface area contributed by atoms with Crippen molar-refractivity contribution >= 4 is 23.2 Å². The van der Waals surface area contributed by atoms with Crippen LogP contribution in [0.1, 0.15) is 12.5 Å². The molecule has 0 aliphatic rings. The lowest BCUT2D eigenvalue weighted by atomic mass is 9.96. The van der Waals surface area contributed by atoms with Crippen molar-refractivity contribution in [1.29, 1.82) is 0 Å². The van der Waals surface area contributed by atoms with Crippen LogP contribution in [0.15, 0.2) is 54.6 Å². The van der Waals surface area contributed by atoms with Gasteiger partial charge < -0.3 is 20.6 Å². The van der Waals surface area contributed by atoms with Crippen molar-refractivity contribution in [2.24, 2.45) is 0 Å². The number of nitrogens with zero attached hydrogens (tertiary/aromatic N) is 1. The molecule has 2 rings (SSSR count). The van der Waals surface area contributed by atoms with Gasteiger partial charge in [0, 0.05) is 25.5 Å². The van der Waals surface area contributed by atoms with Crippen LogP contribution in [-0.2, 0) is 15.2 Å². The van der Waals surface area contributed by atoms with Crippen LogP contribution in [-0.4, -0.2) is 37.6 Å². The van der Waals surface area contributed by atoms with Crippen LogP contribution in [0.2, 0.25) is 0 Å². The van der Waals surface area contributed by atoms with Gasteiger partial charge in [-0.1, -0.05) is 30.3 Å². The molecule has 0 saturated carbocycles. The average molecular weight is 341 g/mol. The normalized spacial score (nSPS) is 12.8. The fraction of sp³-hybridized carbons (Fsp3) is 0.263. The van der Waals surface area contributed by atoms with Crippen LogP contribution in [0.5, 0.6) is 0 Å². The number of amides is 2. The summed E-state index contributed by atoms with van der Waals surface area (Å²) in [4.78, 5) is 25.9. The van der Waals surface area contributed by atoms with E-state index in [-0.39, 0.29) is 6.54 Å². The van der Waals surface area contributed by atoms with E-state index >= 15 is 0 Å². The Balaban J connectivity index is 1.91. The van der Waals surface area contributed by atoms with E-state index in [0.29, 0.717) is 11.3 Å². The van der Waals surface area contributed by atoms with Crippen LogP contribution in [0, 0.1) is 0 Å². The van der Waals surface area contributed by atoms with E-state index in [4.69, 9.17) is 0 Å². The standard InChI is InChI=1S/C19H23N3O3/c1-19(25,14-7-5-4-6-8-14)13-20-17(23)18(24)21-15-9-11-16(12-10-15)22(2)3/h4-12,25H,13H2,1-3H3,(H,20,23)(H,21,24). The molecule has 0 spiro atoms. The summed E-state index contributed by atoms with van der Waals surface area (Å²) in [5.41, 5.74) is 0.918. The summed E-state index contributed by atoms with van der Waals surface area (Å²) in [5, 5.41) is 15.4. The van der Waals surface area contributed by atoms with Crippen molar-refractivity contribution in [1.82, 2.24) is 5.32 Å². The van der Waals surface area contributed by atoms with Gasteiger partial charge in [0.1, 0.15) is 5.60 Å². The van der Waals surface area contributed by atoms with Crippen molar-refractivity contribution < 1.29 is 14.7 Å². The van der Waals surface area contributed by atoms with Gasteiger partial charge in [0.2, 0.25) is 0 Å². The fourth-order valence-corrected chi connectivity index (χ4v) is 2.26. The van der Waals surface area contributed by atoms with Crippen molar-refractivity contribution in [3.05, 3.63) is 60.2 Å². The summed E-state index contributed by atoms with van der Waals surface area (Å²) in [6, 6.07) is 16.1. The molecule has 6 heteroatoms. The van der Waals surface area contributed by atoms with Gasteiger partial charge in [-0.3, -0.25) is 9.59 Å². The lowest BCUT2D eigenvalue weighted by Crippen LogP contribution is -2.43. The van der Waals surface area contributed by atoms with Crippen LogP contribution >= 0.6 is 0 Å². The molecule has 132 valence electrons. The van der Waals surface area contributed by atoms with E-state index in [1.54, 1.807) is 43.3 Å². The largest absolute Gasteiger partial charge is 0.384 e. The summed E-state index contributed by atoms with van der Waals surface area (Å²) in [7, 11) is 3.83. The fourth-order valence-electron chi connectivity index (χ4n) is 2.26. The highest BCUT2D eigenvalue weighted by Crippen LogP contribution is 2.19. The minimum Gasteiger partial charge on any atom is -0.384 e. The summed E-state index contributed by atoms with van der Waals surface area (Å²) < 4.78 is 0. The molecule has 0 heterocycles. The van der Waals surface area contributed by atoms with Crippen molar-refractivity contribution in [3.8, 4) is 0 Å². The molecule has 0 aliphatic heterocycles. The molecular weight excluding hydrogens is 318 g/mol. The van der Waals surface area contributed by atoms with E-state index in [0.717, 1.165) is 5.69 Å². The molecular formula is C19H23N3O3. The third kappa shape index (κ3) is 5.06. The average Bonchev–Trinajstić information content (AvgIpc) is 2.61. The van der Waals surface area contributed by atoms with Gasteiger partial charge in [-0.25, -0.2) is 0 Å². The van der Waals surface area contributed by atoms with Crippen molar-refractivity contribution in [2.45, 2.75) is 12.5 Å². The topological polar surface area (TPSA) is 81.7 Å². The van der Waals surface area contributed by atoms with Gasteiger partial charge in [-0.15, -0.1) is 0 Å². The van der Waals surface area contributed by atoms with Crippen LogP contribution < -0.4 is 15.5 Å². The summed E-state index contributed by atoms with van der Waals surface area (Å²) in [6.45, 7) is 1.52. The van der Waals surface area contributed by atoms with Gasteiger partial charge in [0.25, 0.3) is 0 Å². The molecule has 0 radical (unpaired) electrons. The van der Waals surface area contributed by atoms with E-state index in [1.165, 1.54) is 0 Å². The minimum atomic E-state index is -1.26. The summed E-state index contributed by atoms with van der Waals surface area (Å²) in [6.07, 6.45) is 0. The first-order chi connectivity index (χ1) is 11.8. The second-order valence-corrected chi connectivity index (χ2v) is 6.22. The zero-order valence-electron chi connectivity index (χ0n) is 14.6. The predicted octanol–water partition coefficient (Wildman–Crippen LogP) is 1.71. The molecule has 0 fully saturated rings. The maximum atomic E-state index is 12.0. The molecule has 0 aromatic heterocycles. The quantitative estimate of drug-likeness (QED) is 0.723. The van der Waals surface area contributed by atoms with Crippen LogP contribution in [0.25, 0.3) is 0 Å². The number of nitrogens with one attached hydrogen (secondary N) is 2. The maximum absolute atomic E-state index is 12.0. The molecule has 1 unspecified atom stereocenters. The van der Waals surface area contributed by atoms with Crippen LogP contribution in [0.4, 0.5) is 11.4 Å².